The Balaban J connectivity index is 3.02. The van der Waals surface area contributed by atoms with Gasteiger partial charge < -0.3 is 5.11 Å². The zero-order chi connectivity index (χ0) is 16.6. The minimum atomic E-state index is -1.69. The van der Waals surface area contributed by atoms with E-state index in [0.29, 0.717) is 5.54 Å². The van der Waals surface area contributed by atoms with Gasteiger partial charge in [0.1, 0.15) is 0 Å². The molecule has 22 heavy (non-hydrogen) atoms. The highest BCUT2D eigenvalue weighted by Gasteiger charge is 2.43. The Bertz CT molecular complexity index is 411. The maximum absolute atomic E-state index is 11.2. The van der Waals surface area contributed by atoms with Crippen molar-refractivity contribution in [3.63, 3.8) is 0 Å². The van der Waals surface area contributed by atoms with Crippen LogP contribution in [0, 0.1) is 0 Å². The van der Waals surface area contributed by atoms with Crippen LogP contribution in [0.5, 0.6) is 0 Å². The number of aliphatic hydroxyl groups is 1. The summed E-state index contributed by atoms with van der Waals surface area (Å²) in [4.78, 5) is 0. The number of unbranched alkanes of at least 4 members (excludes halogenated alkanes) is 3. The third-order valence-corrected chi connectivity index (χ3v) is 9.75. The maximum Gasteiger partial charge on any atom is 0.0864 e. The van der Waals surface area contributed by atoms with Gasteiger partial charge in [0.05, 0.1) is 13.7 Å². The van der Waals surface area contributed by atoms with Crippen molar-refractivity contribution in [1.29, 1.82) is 0 Å². The molecule has 1 N–H and O–H groups in total. The lowest BCUT2D eigenvalue weighted by Gasteiger charge is -2.43. The Morgan fingerprint density at radius 3 is 2.14 bits per heavy atom. The van der Waals surface area contributed by atoms with Gasteiger partial charge in [-0.15, -0.1) is 0 Å². The van der Waals surface area contributed by atoms with E-state index >= 15 is 0 Å². The Morgan fingerprint density at radius 2 is 1.59 bits per heavy atom. The van der Waals surface area contributed by atoms with Crippen LogP contribution in [0.1, 0.15) is 65.7 Å². The van der Waals surface area contributed by atoms with Crippen LogP contribution in [0.3, 0.4) is 0 Å². The summed E-state index contributed by atoms with van der Waals surface area (Å²) in [5, 5.41) is 12.7. The first kappa shape index (κ1) is 19.4. The lowest BCUT2D eigenvalue weighted by atomic mass is 9.91. The standard InChI is InChI=1S/C20H36OSi/c1-6-8-11-16-19(20(3,21)17-9-7-2)22(4,5)18-14-12-10-13-15-18/h10,12-15,19,21H,6-9,11,16-17H2,1-5H3/t19-,20-/m1/s1. The molecular formula is C20H36OSi. The van der Waals surface area contributed by atoms with Gasteiger partial charge in [-0.05, 0) is 25.3 Å². The molecule has 0 aliphatic rings. The average molecular weight is 321 g/mol. The van der Waals surface area contributed by atoms with Crippen LogP contribution in [0.25, 0.3) is 0 Å². The highest BCUT2D eigenvalue weighted by Crippen LogP contribution is 2.40. The normalized spacial score (nSPS) is 16.3. The highest BCUT2D eigenvalue weighted by atomic mass is 28.3. The van der Waals surface area contributed by atoms with E-state index in [-0.39, 0.29) is 0 Å². The van der Waals surface area contributed by atoms with Crippen molar-refractivity contribution in [3.8, 4) is 0 Å². The molecule has 1 aromatic carbocycles. The molecule has 0 aliphatic heterocycles. The van der Waals surface area contributed by atoms with E-state index in [2.05, 4.69) is 64.2 Å². The van der Waals surface area contributed by atoms with E-state index in [9.17, 15) is 5.11 Å². The van der Waals surface area contributed by atoms with Crippen molar-refractivity contribution >= 4 is 13.3 Å². The van der Waals surface area contributed by atoms with Gasteiger partial charge in [-0.2, -0.15) is 0 Å². The molecule has 0 unspecified atom stereocenters. The van der Waals surface area contributed by atoms with Crippen LogP contribution in [0.4, 0.5) is 0 Å². The van der Waals surface area contributed by atoms with Crippen LogP contribution in [0.15, 0.2) is 30.3 Å². The van der Waals surface area contributed by atoms with Crippen molar-refractivity contribution in [2.45, 2.75) is 90.0 Å². The summed E-state index contributed by atoms with van der Waals surface area (Å²) in [6, 6.07) is 10.9. The summed E-state index contributed by atoms with van der Waals surface area (Å²) in [6.45, 7) is 11.4. The SMILES string of the molecule is CCCCC[C@H]([C@](C)(O)CCCC)[Si](C)(C)c1ccccc1. The molecule has 2 atom stereocenters. The summed E-state index contributed by atoms with van der Waals surface area (Å²) in [5.41, 5.74) is -0.101. The second-order valence-electron chi connectivity index (χ2n) is 7.60. The third kappa shape index (κ3) is 5.24. The summed E-state index contributed by atoms with van der Waals surface area (Å²) >= 11 is 0. The molecule has 1 aromatic rings. The van der Waals surface area contributed by atoms with Gasteiger partial charge in [0.15, 0.2) is 0 Å². The first-order chi connectivity index (χ1) is 10.4. The van der Waals surface area contributed by atoms with E-state index in [1.807, 2.05) is 0 Å². The summed E-state index contributed by atoms with van der Waals surface area (Å²) < 4.78 is 0. The van der Waals surface area contributed by atoms with Gasteiger partial charge in [-0.3, -0.25) is 0 Å². The lowest BCUT2D eigenvalue weighted by Crippen LogP contribution is -2.54. The van der Waals surface area contributed by atoms with E-state index in [4.69, 9.17) is 0 Å². The number of benzene rings is 1. The molecule has 0 aromatic heterocycles. The zero-order valence-electron chi connectivity index (χ0n) is 15.4. The minimum absolute atomic E-state index is 0.431. The summed E-state index contributed by atoms with van der Waals surface area (Å²) in [7, 11) is -1.69. The molecule has 0 fully saturated rings. The van der Waals surface area contributed by atoms with Crippen LogP contribution in [0.2, 0.25) is 18.6 Å². The number of hydrogen-bond donors (Lipinski definition) is 1. The summed E-state index contributed by atoms with van der Waals surface area (Å²) in [6.07, 6.45) is 8.15. The smallest absolute Gasteiger partial charge is 0.0864 e. The van der Waals surface area contributed by atoms with Crippen molar-refractivity contribution in [2.75, 3.05) is 0 Å². The highest BCUT2D eigenvalue weighted by molar-refractivity contribution is 6.91. The average Bonchev–Trinajstić information content (AvgIpc) is 2.50. The first-order valence-corrected chi connectivity index (χ1v) is 12.2. The Kier molecular flexibility index (Phi) is 7.85. The quantitative estimate of drug-likeness (QED) is 0.446. The fraction of sp³-hybridized carbons (Fsp3) is 0.700. The Labute approximate surface area is 139 Å². The fourth-order valence-corrected chi connectivity index (χ4v) is 7.90. The molecular weight excluding hydrogens is 284 g/mol. The van der Waals surface area contributed by atoms with Crippen LogP contribution in [-0.4, -0.2) is 18.8 Å². The van der Waals surface area contributed by atoms with E-state index in [1.165, 1.54) is 30.9 Å². The predicted octanol–water partition coefficient (Wildman–Crippen LogP) is 5.49. The van der Waals surface area contributed by atoms with Crippen molar-refractivity contribution < 1.29 is 5.11 Å². The Morgan fingerprint density at radius 1 is 1.00 bits per heavy atom. The van der Waals surface area contributed by atoms with Gasteiger partial charge >= 0.3 is 0 Å². The topological polar surface area (TPSA) is 20.2 Å². The molecule has 1 nitrogen and oxygen atoms in total. The molecule has 0 amide bonds. The van der Waals surface area contributed by atoms with Gasteiger partial charge in [0.2, 0.25) is 0 Å². The molecule has 0 saturated heterocycles. The molecule has 2 heteroatoms. The van der Waals surface area contributed by atoms with Crippen molar-refractivity contribution in [2.24, 2.45) is 0 Å². The van der Waals surface area contributed by atoms with E-state index in [1.54, 1.807) is 0 Å². The predicted molar refractivity (Wildman–Crippen MR) is 102 cm³/mol. The summed E-state index contributed by atoms with van der Waals surface area (Å²) in [5.74, 6) is 0. The second-order valence-corrected chi connectivity index (χ2v) is 12.3. The van der Waals surface area contributed by atoms with Crippen molar-refractivity contribution in [3.05, 3.63) is 30.3 Å². The van der Waals surface area contributed by atoms with Gasteiger partial charge in [0, 0.05) is 0 Å². The first-order valence-electron chi connectivity index (χ1n) is 9.14. The molecule has 0 heterocycles. The zero-order valence-corrected chi connectivity index (χ0v) is 16.4. The number of rotatable bonds is 10. The largest absolute Gasteiger partial charge is 0.390 e. The number of hydrogen-bond acceptors (Lipinski definition) is 1. The molecule has 0 bridgehead atoms. The molecule has 0 spiro atoms. The monoisotopic (exact) mass is 320 g/mol. The van der Waals surface area contributed by atoms with Gasteiger partial charge in [-0.1, -0.05) is 94.6 Å². The molecule has 126 valence electrons. The Hall–Kier alpha value is -0.603. The van der Waals surface area contributed by atoms with Gasteiger partial charge in [0.25, 0.3) is 0 Å². The second kappa shape index (κ2) is 8.88. The fourth-order valence-electron chi connectivity index (χ4n) is 3.83. The van der Waals surface area contributed by atoms with Crippen LogP contribution in [-0.2, 0) is 0 Å². The molecule has 1 rings (SSSR count). The minimum Gasteiger partial charge on any atom is -0.390 e. The maximum atomic E-state index is 11.2. The molecule has 0 aliphatic carbocycles. The van der Waals surface area contributed by atoms with E-state index in [0.717, 1.165) is 19.3 Å². The third-order valence-electron chi connectivity index (χ3n) is 5.27. The van der Waals surface area contributed by atoms with Gasteiger partial charge in [-0.25, -0.2) is 0 Å². The van der Waals surface area contributed by atoms with Crippen LogP contribution < -0.4 is 5.19 Å². The molecule has 0 saturated carbocycles. The molecule has 0 radical (unpaired) electrons. The van der Waals surface area contributed by atoms with Crippen molar-refractivity contribution in [1.82, 2.24) is 0 Å². The lowest BCUT2D eigenvalue weighted by molar-refractivity contribution is 0.0354. The van der Waals surface area contributed by atoms with Crippen LogP contribution >= 0.6 is 0 Å². The van der Waals surface area contributed by atoms with E-state index < -0.39 is 13.7 Å².